The minimum absolute atomic E-state index is 0.293. The van der Waals surface area contributed by atoms with E-state index in [1.165, 1.54) is 18.2 Å². The molecule has 0 aliphatic carbocycles. The highest BCUT2D eigenvalue weighted by atomic mass is 127. The molecule has 66 valence electrons. The summed E-state index contributed by atoms with van der Waals surface area (Å²) in [4.78, 5) is 16.3. The Balaban J connectivity index is 2.76. The highest BCUT2D eigenvalue weighted by Crippen LogP contribution is 2.16. The highest BCUT2D eigenvalue weighted by molar-refractivity contribution is 14.1. The van der Waals surface area contributed by atoms with Crippen molar-refractivity contribution in [3.63, 3.8) is 0 Å². The average Bonchev–Trinajstić information content (AvgIpc) is 2.08. The van der Waals surface area contributed by atoms with Crippen LogP contribution in [0.3, 0.4) is 0 Å². The van der Waals surface area contributed by atoms with Crippen molar-refractivity contribution in [3.05, 3.63) is 9.90 Å². The molecule has 1 rings (SSSR count). The number of carbonyl (C=O) groups is 1. The maximum atomic E-state index is 11.1. The van der Waals surface area contributed by atoms with Gasteiger partial charge in [0.25, 0.3) is 0 Å². The molecule has 0 aromatic carbocycles. The molecule has 0 saturated heterocycles. The maximum Gasteiger partial charge on any atom is 0.414 e. The van der Waals surface area contributed by atoms with Crippen LogP contribution in [0.4, 0.5) is 4.79 Å². The van der Waals surface area contributed by atoms with E-state index in [4.69, 9.17) is 5.73 Å². The van der Waals surface area contributed by atoms with Gasteiger partial charge >= 0.3 is 6.09 Å². The van der Waals surface area contributed by atoms with Crippen LogP contribution in [0.1, 0.15) is 0 Å². The molecule has 0 saturated carbocycles. The van der Waals surface area contributed by atoms with Crippen molar-refractivity contribution in [2.75, 3.05) is 13.7 Å². The molecule has 1 aliphatic heterocycles. The molecule has 2 N–H and O–H groups in total. The fourth-order valence-corrected chi connectivity index (χ4v) is 1.25. The Kier molecular flexibility index (Phi) is 2.90. The number of carbonyl (C=O) groups excluding carboxylic acids is 1. The molecule has 0 atom stereocenters. The second kappa shape index (κ2) is 3.74. The smallest absolute Gasteiger partial charge is 0.414 e. The zero-order valence-corrected chi connectivity index (χ0v) is 8.61. The van der Waals surface area contributed by atoms with Crippen molar-refractivity contribution in [1.29, 1.82) is 0 Å². The Bertz CT molecular complexity index is 262. The molecule has 0 spiro atoms. The first-order valence-corrected chi connectivity index (χ1v) is 4.26. The summed E-state index contributed by atoms with van der Waals surface area (Å²) >= 11 is 1.99. The van der Waals surface area contributed by atoms with Crippen LogP contribution in [0, 0.1) is 0 Å². The number of hydrogen-bond donors (Lipinski definition) is 1. The lowest BCUT2D eigenvalue weighted by Crippen LogP contribution is -2.38. The van der Waals surface area contributed by atoms with Gasteiger partial charge in [-0.05, 0) is 22.6 Å². The summed E-state index contributed by atoms with van der Waals surface area (Å²) in [6, 6.07) is 0. The monoisotopic (exact) mass is 281 g/mol. The standard InChI is InChI=1S/C6H8IN3O2/c1-12-6(11)10-3-5(8)9-2-4(10)7/h2H,3H2,1H3,(H2,8,9). The van der Waals surface area contributed by atoms with Gasteiger partial charge in [0.2, 0.25) is 0 Å². The Morgan fingerprint density at radius 1 is 1.92 bits per heavy atom. The van der Waals surface area contributed by atoms with Crippen molar-refractivity contribution < 1.29 is 9.53 Å². The number of hydrogen-bond acceptors (Lipinski definition) is 4. The number of rotatable bonds is 0. The van der Waals surface area contributed by atoms with Crippen LogP contribution in [0.2, 0.25) is 0 Å². The van der Waals surface area contributed by atoms with E-state index in [0.29, 0.717) is 16.1 Å². The molecule has 0 aromatic heterocycles. The fraction of sp³-hybridized carbons (Fsp3) is 0.333. The first kappa shape index (κ1) is 9.30. The first-order chi connectivity index (χ1) is 5.65. The number of ether oxygens (including phenoxy) is 1. The van der Waals surface area contributed by atoms with Gasteiger partial charge in [-0.25, -0.2) is 9.79 Å². The van der Waals surface area contributed by atoms with Gasteiger partial charge in [-0.1, -0.05) is 0 Å². The van der Waals surface area contributed by atoms with Crippen molar-refractivity contribution in [1.82, 2.24) is 4.90 Å². The Morgan fingerprint density at radius 2 is 2.58 bits per heavy atom. The Morgan fingerprint density at radius 3 is 3.17 bits per heavy atom. The van der Waals surface area contributed by atoms with Crippen LogP contribution in [-0.2, 0) is 4.74 Å². The van der Waals surface area contributed by atoms with Gasteiger partial charge < -0.3 is 10.5 Å². The van der Waals surface area contributed by atoms with Gasteiger partial charge in [0.1, 0.15) is 9.54 Å². The number of amides is 1. The van der Waals surface area contributed by atoms with E-state index in [1.807, 2.05) is 22.6 Å². The van der Waals surface area contributed by atoms with Crippen molar-refractivity contribution in [2.24, 2.45) is 10.7 Å². The number of nitrogens with zero attached hydrogens (tertiary/aromatic N) is 2. The van der Waals surface area contributed by atoms with E-state index >= 15 is 0 Å². The van der Waals surface area contributed by atoms with Crippen molar-refractivity contribution in [3.8, 4) is 0 Å². The van der Waals surface area contributed by atoms with Gasteiger partial charge in [0, 0.05) is 0 Å². The lowest BCUT2D eigenvalue weighted by molar-refractivity contribution is 0.143. The SMILES string of the molecule is COC(=O)N1CC(N)=NC=C1I. The lowest BCUT2D eigenvalue weighted by Gasteiger charge is -2.21. The van der Waals surface area contributed by atoms with E-state index in [-0.39, 0.29) is 0 Å². The van der Waals surface area contributed by atoms with Crippen molar-refractivity contribution in [2.45, 2.75) is 0 Å². The molecule has 0 aromatic rings. The lowest BCUT2D eigenvalue weighted by atomic mass is 10.5. The van der Waals surface area contributed by atoms with Crippen LogP contribution < -0.4 is 5.73 Å². The molecule has 0 bridgehead atoms. The number of amidine groups is 1. The molecule has 5 nitrogen and oxygen atoms in total. The van der Waals surface area contributed by atoms with Crippen LogP contribution in [-0.4, -0.2) is 30.5 Å². The van der Waals surface area contributed by atoms with Crippen LogP contribution in [0.25, 0.3) is 0 Å². The largest absolute Gasteiger partial charge is 0.452 e. The van der Waals surface area contributed by atoms with E-state index in [0.717, 1.165) is 0 Å². The van der Waals surface area contributed by atoms with Crippen LogP contribution in [0.15, 0.2) is 14.9 Å². The second-order valence-corrected chi connectivity index (χ2v) is 3.23. The van der Waals surface area contributed by atoms with E-state index in [9.17, 15) is 4.79 Å². The Labute approximate surface area is 83.4 Å². The number of methoxy groups -OCH3 is 1. The number of nitrogens with two attached hydrogens (primary N) is 1. The number of aliphatic imine (C=N–C) groups is 1. The summed E-state index contributed by atoms with van der Waals surface area (Å²) in [5.41, 5.74) is 5.43. The molecule has 6 heteroatoms. The molecule has 12 heavy (non-hydrogen) atoms. The predicted molar refractivity (Wildman–Crippen MR) is 52.8 cm³/mol. The van der Waals surface area contributed by atoms with E-state index in [2.05, 4.69) is 9.73 Å². The van der Waals surface area contributed by atoms with E-state index in [1.54, 1.807) is 0 Å². The molecule has 1 aliphatic rings. The third-order valence-corrected chi connectivity index (χ3v) is 2.17. The summed E-state index contributed by atoms with van der Waals surface area (Å²) in [7, 11) is 1.33. The molecule has 0 radical (unpaired) electrons. The molecular formula is C6H8IN3O2. The topological polar surface area (TPSA) is 67.9 Å². The van der Waals surface area contributed by atoms with Crippen LogP contribution >= 0.6 is 22.6 Å². The molecule has 0 unspecified atom stereocenters. The predicted octanol–water partition coefficient (Wildman–Crippen LogP) is 0.660. The summed E-state index contributed by atoms with van der Waals surface area (Å²) in [6.07, 6.45) is 1.10. The molecule has 1 heterocycles. The quantitative estimate of drug-likeness (QED) is 0.524. The van der Waals surface area contributed by atoms with Gasteiger partial charge in [0.05, 0.1) is 19.9 Å². The summed E-state index contributed by atoms with van der Waals surface area (Å²) in [6.45, 7) is 0.293. The second-order valence-electron chi connectivity index (χ2n) is 2.13. The van der Waals surface area contributed by atoms with Gasteiger partial charge in [-0.2, -0.15) is 0 Å². The minimum Gasteiger partial charge on any atom is -0.452 e. The molecule has 0 fully saturated rings. The molecular weight excluding hydrogens is 273 g/mol. The zero-order valence-electron chi connectivity index (χ0n) is 6.45. The highest BCUT2D eigenvalue weighted by Gasteiger charge is 2.20. The Hall–Kier alpha value is -0.790. The van der Waals surface area contributed by atoms with E-state index < -0.39 is 6.09 Å². The first-order valence-electron chi connectivity index (χ1n) is 3.18. The maximum absolute atomic E-state index is 11.1. The summed E-state index contributed by atoms with van der Waals surface area (Å²) in [5, 5.41) is 0. The van der Waals surface area contributed by atoms with Crippen LogP contribution in [0.5, 0.6) is 0 Å². The van der Waals surface area contributed by atoms with Gasteiger partial charge in [-0.3, -0.25) is 4.90 Å². The molecule has 1 amide bonds. The third kappa shape index (κ3) is 1.87. The third-order valence-electron chi connectivity index (χ3n) is 1.31. The normalized spacial score (nSPS) is 16.7. The zero-order chi connectivity index (χ0) is 9.14. The number of halogens is 1. The van der Waals surface area contributed by atoms with Gasteiger partial charge in [-0.15, -0.1) is 0 Å². The average molecular weight is 281 g/mol. The minimum atomic E-state index is -0.423. The van der Waals surface area contributed by atoms with Gasteiger partial charge in [0.15, 0.2) is 0 Å². The summed E-state index contributed by atoms with van der Waals surface area (Å²) in [5.74, 6) is 0.404. The summed E-state index contributed by atoms with van der Waals surface area (Å²) < 4.78 is 5.24. The fourth-order valence-electron chi connectivity index (χ4n) is 0.746. The van der Waals surface area contributed by atoms with Crippen molar-refractivity contribution >= 4 is 34.5 Å².